The highest BCUT2D eigenvalue weighted by molar-refractivity contribution is 7.87. The predicted molar refractivity (Wildman–Crippen MR) is 111 cm³/mol. The lowest BCUT2D eigenvalue weighted by Crippen LogP contribution is -2.56. The van der Waals surface area contributed by atoms with E-state index in [1.54, 1.807) is 0 Å². The SMILES string of the molecule is CCOC(C(F)(F)F)C(F)(F)S(=O)(=O)O.O=C(OC(C(F)(F)F)C(F)(F)S(=O)(=O)O)C12CC3CC(CC(C3)C1)C2. The zero-order valence-electron chi connectivity index (χ0n) is 20.2. The maximum absolute atomic E-state index is 13.6. The molecule has 40 heavy (non-hydrogen) atoms. The van der Waals surface area contributed by atoms with E-state index in [2.05, 4.69) is 9.47 Å². The summed E-state index contributed by atoms with van der Waals surface area (Å²) in [5.74, 6) is -1.02. The fraction of sp³-hybridized carbons (Fsp3) is 0.947. The van der Waals surface area contributed by atoms with Gasteiger partial charge in [0.15, 0.2) is 0 Å². The number of rotatable bonds is 8. The molecule has 0 heterocycles. The number of hydrogen-bond donors (Lipinski definition) is 2. The Morgan fingerprint density at radius 2 is 1.07 bits per heavy atom. The second kappa shape index (κ2) is 11.0. The van der Waals surface area contributed by atoms with Crippen LogP contribution < -0.4 is 0 Å². The van der Waals surface area contributed by atoms with Crippen LogP contribution in [0.25, 0.3) is 0 Å². The van der Waals surface area contributed by atoms with E-state index in [1.165, 1.54) is 0 Å². The molecule has 0 aromatic rings. The van der Waals surface area contributed by atoms with Crippen LogP contribution in [0.4, 0.5) is 43.9 Å². The van der Waals surface area contributed by atoms with Gasteiger partial charge in [0.2, 0.25) is 6.10 Å². The van der Waals surface area contributed by atoms with Crippen molar-refractivity contribution in [1.29, 1.82) is 0 Å². The molecule has 4 aliphatic rings. The van der Waals surface area contributed by atoms with Gasteiger partial charge in [-0.05, 0) is 63.2 Å². The lowest BCUT2D eigenvalue weighted by atomic mass is 9.49. The van der Waals surface area contributed by atoms with E-state index >= 15 is 0 Å². The molecule has 0 aromatic carbocycles. The first kappa shape index (κ1) is 34.7. The summed E-state index contributed by atoms with van der Waals surface area (Å²) in [6, 6.07) is 0. The molecule has 0 saturated heterocycles. The van der Waals surface area contributed by atoms with Gasteiger partial charge >= 0.3 is 49.1 Å². The summed E-state index contributed by atoms with van der Waals surface area (Å²) in [6.45, 7) is 0.189. The maximum Gasteiger partial charge on any atom is 0.432 e. The minimum absolute atomic E-state index is 0.144. The Bertz CT molecular complexity index is 1110. The first-order chi connectivity index (χ1) is 17.7. The molecule has 236 valence electrons. The molecular weight excluding hydrogens is 626 g/mol. The van der Waals surface area contributed by atoms with Crippen molar-refractivity contribution in [2.75, 3.05) is 6.61 Å². The summed E-state index contributed by atoms with van der Waals surface area (Å²) >= 11 is 0. The molecule has 4 bridgehead atoms. The molecule has 0 aliphatic heterocycles. The molecular formula is C19H24F10O9S2. The average Bonchev–Trinajstić information content (AvgIpc) is 2.71. The number of alkyl halides is 10. The first-order valence-corrected chi connectivity index (χ1v) is 14.2. The Balaban J connectivity index is 0.000000323. The van der Waals surface area contributed by atoms with E-state index in [4.69, 9.17) is 9.11 Å². The smallest absolute Gasteiger partial charge is 0.432 e. The highest BCUT2D eigenvalue weighted by atomic mass is 32.2. The molecule has 21 heteroatoms. The van der Waals surface area contributed by atoms with Crippen molar-refractivity contribution in [1.82, 2.24) is 0 Å². The van der Waals surface area contributed by atoms with Gasteiger partial charge in [0.25, 0.3) is 6.10 Å². The topological polar surface area (TPSA) is 144 Å². The number of halogens is 10. The highest BCUT2D eigenvalue weighted by Crippen LogP contribution is 2.60. The molecule has 0 radical (unpaired) electrons. The molecule has 2 unspecified atom stereocenters. The number of ether oxygens (including phenoxy) is 2. The zero-order chi connectivity index (χ0) is 31.3. The number of esters is 1. The third-order valence-electron chi connectivity index (χ3n) is 6.92. The third-order valence-corrected chi connectivity index (χ3v) is 8.73. The molecule has 4 fully saturated rings. The Hall–Kier alpha value is -1.45. The Kier molecular flexibility index (Phi) is 9.55. The molecule has 4 rings (SSSR count). The Labute approximate surface area is 221 Å². The van der Waals surface area contributed by atoms with Crippen molar-refractivity contribution >= 4 is 26.2 Å². The van der Waals surface area contributed by atoms with Crippen LogP contribution in [0, 0.1) is 23.2 Å². The monoisotopic (exact) mass is 650 g/mol. The van der Waals surface area contributed by atoms with Gasteiger partial charge in [0.05, 0.1) is 5.41 Å². The summed E-state index contributed by atoms with van der Waals surface area (Å²) in [5.41, 5.74) is -1.27. The minimum Gasteiger partial charge on any atom is -0.444 e. The number of carbonyl (C=O) groups is 1. The van der Waals surface area contributed by atoms with Crippen molar-refractivity contribution in [3.05, 3.63) is 0 Å². The van der Waals surface area contributed by atoms with Gasteiger partial charge in [-0.2, -0.15) is 60.7 Å². The van der Waals surface area contributed by atoms with Gasteiger partial charge in [-0.15, -0.1) is 0 Å². The summed E-state index contributed by atoms with van der Waals surface area (Å²) in [7, 11) is -12.6. The zero-order valence-corrected chi connectivity index (χ0v) is 21.8. The van der Waals surface area contributed by atoms with E-state index < -0.39 is 73.3 Å². The molecule has 0 aromatic heterocycles. The van der Waals surface area contributed by atoms with Crippen LogP contribution in [-0.4, -0.2) is 73.6 Å². The van der Waals surface area contributed by atoms with Crippen molar-refractivity contribution in [2.45, 2.75) is 80.5 Å². The van der Waals surface area contributed by atoms with Gasteiger partial charge in [-0.3, -0.25) is 13.9 Å². The van der Waals surface area contributed by atoms with Crippen LogP contribution >= 0.6 is 0 Å². The van der Waals surface area contributed by atoms with Gasteiger partial charge in [-0.25, -0.2) is 0 Å². The summed E-state index contributed by atoms with van der Waals surface area (Å²) in [4.78, 5) is 12.4. The second-order valence-electron chi connectivity index (χ2n) is 9.98. The molecule has 9 nitrogen and oxygen atoms in total. The Morgan fingerprint density at radius 1 is 0.750 bits per heavy atom. The lowest BCUT2D eigenvalue weighted by molar-refractivity contribution is -0.266. The number of hydrogen-bond acceptors (Lipinski definition) is 7. The van der Waals surface area contributed by atoms with E-state index in [1.807, 2.05) is 0 Å². The normalized spacial score (nSPS) is 28.9. The van der Waals surface area contributed by atoms with Crippen molar-refractivity contribution in [2.24, 2.45) is 23.2 Å². The largest absolute Gasteiger partial charge is 0.444 e. The first-order valence-electron chi connectivity index (χ1n) is 11.3. The predicted octanol–water partition coefficient (Wildman–Crippen LogP) is 4.59. The molecule has 2 atom stereocenters. The lowest BCUT2D eigenvalue weighted by Gasteiger charge is -2.55. The van der Waals surface area contributed by atoms with E-state index in [9.17, 15) is 65.5 Å². The van der Waals surface area contributed by atoms with Crippen LogP contribution in [0.2, 0.25) is 0 Å². The van der Waals surface area contributed by atoms with Gasteiger partial charge < -0.3 is 9.47 Å². The Morgan fingerprint density at radius 3 is 1.35 bits per heavy atom. The van der Waals surface area contributed by atoms with Crippen LogP contribution in [0.3, 0.4) is 0 Å². The summed E-state index contributed by atoms with van der Waals surface area (Å²) in [6.07, 6.45) is -16.2. The fourth-order valence-electron chi connectivity index (χ4n) is 5.74. The van der Waals surface area contributed by atoms with Crippen molar-refractivity contribution in [3.63, 3.8) is 0 Å². The van der Waals surface area contributed by atoms with Crippen LogP contribution in [0.5, 0.6) is 0 Å². The maximum atomic E-state index is 13.6. The molecule has 0 amide bonds. The molecule has 2 N–H and O–H groups in total. The quantitative estimate of drug-likeness (QED) is 0.219. The van der Waals surface area contributed by atoms with Crippen LogP contribution in [-0.2, 0) is 34.5 Å². The van der Waals surface area contributed by atoms with Crippen molar-refractivity contribution < 1.29 is 84.1 Å². The fourth-order valence-corrected chi connectivity index (χ4v) is 6.66. The van der Waals surface area contributed by atoms with Gasteiger partial charge in [0, 0.05) is 6.61 Å². The highest BCUT2D eigenvalue weighted by Gasteiger charge is 2.68. The minimum atomic E-state index is -6.42. The molecule has 4 aliphatic carbocycles. The standard InChI is InChI=1S/C14H17F5O5S.C5H7F5O4S/c15-13(16,17)10(14(18,19)25(21,22)23)24-11(20)12-4-7-1-8(5-12)3-9(2-7)6-12;1-2-14-3(4(6,7)8)5(9,10)15(11,12)13/h7-10H,1-6H2,(H,21,22,23);3H,2H2,1H3,(H,11,12,13). The summed E-state index contributed by atoms with van der Waals surface area (Å²) < 4.78 is 193. The van der Waals surface area contributed by atoms with E-state index in [0.717, 1.165) is 26.2 Å². The third kappa shape index (κ3) is 7.12. The van der Waals surface area contributed by atoms with Crippen molar-refractivity contribution in [3.8, 4) is 0 Å². The van der Waals surface area contributed by atoms with Gasteiger partial charge in [-0.1, -0.05) is 0 Å². The average molecular weight is 651 g/mol. The molecule has 0 spiro atoms. The number of carbonyl (C=O) groups excluding carboxylic acids is 1. The van der Waals surface area contributed by atoms with Gasteiger partial charge in [0.1, 0.15) is 0 Å². The van der Waals surface area contributed by atoms with E-state index in [-0.39, 0.29) is 37.0 Å². The summed E-state index contributed by atoms with van der Waals surface area (Å²) in [5, 5.41) is -11.1. The molecule has 4 saturated carbocycles. The van der Waals surface area contributed by atoms with Crippen LogP contribution in [0.15, 0.2) is 0 Å². The second-order valence-corrected chi connectivity index (χ2v) is 13.0. The van der Waals surface area contributed by atoms with Crippen LogP contribution in [0.1, 0.15) is 45.4 Å². The van der Waals surface area contributed by atoms with E-state index in [0.29, 0.717) is 0 Å².